The van der Waals surface area contributed by atoms with Crippen LogP contribution in [-0.2, 0) is 0 Å². The van der Waals surface area contributed by atoms with E-state index in [4.69, 9.17) is 0 Å². The van der Waals surface area contributed by atoms with Crippen LogP contribution in [0, 0.1) is 0 Å². The van der Waals surface area contributed by atoms with Crippen molar-refractivity contribution in [3.63, 3.8) is 0 Å². The van der Waals surface area contributed by atoms with Crippen LogP contribution in [0.1, 0.15) is 25.7 Å². The number of hydrogen-bond acceptors (Lipinski definition) is 0. The van der Waals surface area contributed by atoms with Gasteiger partial charge < -0.3 is 0 Å². The molecule has 0 nitrogen and oxygen atoms in total. The molecule has 0 aliphatic heterocycles. The topological polar surface area (TPSA) is 0 Å². The molecule has 0 spiro atoms. The summed E-state index contributed by atoms with van der Waals surface area (Å²) >= 11 is 0. The lowest BCUT2D eigenvalue weighted by atomic mass is 10.3. The van der Waals surface area contributed by atoms with Crippen molar-refractivity contribution in [2.45, 2.75) is 30.6 Å². The van der Waals surface area contributed by atoms with Gasteiger partial charge in [0.2, 0.25) is 0 Å². The third-order valence-corrected chi connectivity index (χ3v) is 13.3. The molecule has 0 heterocycles. The summed E-state index contributed by atoms with van der Waals surface area (Å²) in [7, 11) is -0.988. The minimum absolute atomic E-state index is 0.274. The first-order chi connectivity index (χ1) is 15.4. The van der Waals surface area contributed by atoms with Gasteiger partial charge in [-0.2, -0.15) is 0 Å². The molecule has 1 aliphatic rings. The molecule has 154 valence electrons. The molecular formula is C29H28P2. The highest BCUT2D eigenvalue weighted by atomic mass is 31.2. The van der Waals surface area contributed by atoms with Crippen LogP contribution in [0.25, 0.3) is 0 Å². The Kier molecular flexibility index (Phi) is 6.31. The SMILES string of the molecule is c1ccc(P(c2ccccc2)C2(P(c3ccccc3)c3ccccc3)CCCC2)cc1. The van der Waals surface area contributed by atoms with Crippen molar-refractivity contribution >= 4 is 37.1 Å². The van der Waals surface area contributed by atoms with Gasteiger partial charge in [0, 0.05) is 4.90 Å². The second-order valence-electron chi connectivity index (χ2n) is 8.20. The maximum absolute atomic E-state index is 2.38. The van der Waals surface area contributed by atoms with Gasteiger partial charge in [0.15, 0.2) is 0 Å². The van der Waals surface area contributed by atoms with E-state index in [0.29, 0.717) is 0 Å². The van der Waals surface area contributed by atoms with E-state index in [0.717, 1.165) is 0 Å². The standard InChI is InChI=1S/C29H28P2/c1-5-15-25(16-6-1)30(26-17-7-2-8-18-26)29(23-13-14-24-29)31(27-19-9-3-10-20-27)28-21-11-4-12-22-28/h1-12,15-22H,13-14,23-24H2. The van der Waals surface area contributed by atoms with Gasteiger partial charge in [-0.3, -0.25) is 0 Å². The summed E-state index contributed by atoms with van der Waals surface area (Å²) in [6.45, 7) is 0. The molecule has 0 amide bonds. The minimum Gasteiger partial charge on any atom is -0.0622 e. The van der Waals surface area contributed by atoms with Crippen molar-refractivity contribution in [3.05, 3.63) is 121 Å². The molecule has 0 saturated heterocycles. The van der Waals surface area contributed by atoms with Crippen molar-refractivity contribution < 1.29 is 0 Å². The number of rotatable bonds is 6. The molecule has 0 N–H and O–H groups in total. The molecule has 1 aliphatic carbocycles. The maximum atomic E-state index is 2.38. The molecule has 2 heteroatoms. The average Bonchev–Trinajstić information content (AvgIpc) is 3.32. The van der Waals surface area contributed by atoms with E-state index < -0.39 is 15.8 Å². The van der Waals surface area contributed by atoms with Crippen LogP contribution in [0.5, 0.6) is 0 Å². The Morgan fingerprint density at radius 1 is 0.387 bits per heavy atom. The van der Waals surface area contributed by atoms with E-state index in [1.165, 1.54) is 46.9 Å². The highest BCUT2D eigenvalue weighted by molar-refractivity contribution is 7.91. The van der Waals surface area contributed by atoms with E-state index >= 15 is 0 Å². The zero-order valence-electron chi connectivity index (χ0n) is 17.8. The van der Waals surface area contributed by atoms with Gasteiger partial charge in [-0.25, -0.2) is 0 Å². The van der Waals surface area contributed by atoms with Crippen LogP contribution in [0.15, 0.2) is 121 Å². The van der Waals surface area contributed by atoms with Crippen LogP contribution < -0.4 is 21.2 Å². The molecule has 0 bridgehead atoms. The average molecular weight is 438 g/mol. The molecule has 4 aromatic carbocycles. The largest absolute Gasteiger partial charge is 0.0622 e. The van der Waals surface area contributed by atoms with Crippen LogP contribution in [-0.4, -0.2) is 4.90 Å². The Morgan fingerprint density at radius 3 is 0.903 bits per heavy atom. The van der Waals surface area contributed by atoms with Gasteiger partial charge >= 0.3 is 0 Å². The second-order valence-corrected chi connectivity index (χ2v) is 13.7. The summed E-state index contributed by atoms with van der Waals surface area (Å²) in [6, 6.07) is 45.4. The van der Waals surface area contributed by atoms with Crippen LogP contribution in [0.4, 0.5) is 0 Å². The summed E-state index contributed by atoms with van der Waals surface area (Å²) in [5.74, 6) is 0. The van der Waals surface area contributed by atoms with Gasteiger partial charge in [-0.05, 0) is 49.9 Å². The lowest BCUT2D eigenvalue weighted by Gasteiger charge is -2.45. The molecule has 0 atom stereocenters. The normalized spacial score (nSPS) is 15.4. The Bertz CT molecular complexity index is 909. The minimum atomic E-state index is -0.494. The summed E-state index contributed by atoms with van der Waals surface area (Å²) < 4.78 is 0. The van der Waals surface area contributed by atoms with Crippen LogP contribution in [0.3, 0.4) is 0 Å². The molecule has 4 aromatic rings. The van der Waals surface area contributed by atoms with E-state index in [9.17, 15) is 0 Å². The van der Waals surface area contributed by atoms with Gasteiger partial charge in [-0.15, -0.1) is 0 Å². The Morgan fingerprint density at radius 2 is 0.645 bits per heavy atom. The Labute approximate surface area is 188 Å². The molecule has 0 unspecified atom stereocenters. The summed E-state index contributed by atoms with van der Waals surface area (Å²) in [4.78, 5) is 0.274. The summed E-state index contributed by atoms with van der Waals surface area (Å²) in [5, 5.41) is 6.07. The molecule has 0 radical (unpaired) electrons. The van der Waals surface area contributed by atoms with Crippen molar-refractivity contribution in [1.29, 1.82) is 0 Å². The highest BCUT2D eigenvalue weighted by Gasteiger charge is 2.49. The van der Waals surface area contributed by atoms with E-state index in [1.54, 1.807) is 0 Å². The fraction of sp³-hybridized carbons (Fsp3) is 0.172. The van der Waals surface area contributed by atoms with Crippen molar-refractivity contribution in [2.24, 2.45) is 0 Å². The second kappa shape index (κ2) is 9.48. The molecule has 31 heavy (non-hydrogen) atoms. The van der Waals surface area contributed by atoms with Crippen molar-refractivity contribution in [2.75, 3.05) is 0 Å². The van der Waals surface area contributed by atoms with E-state index in [2.05, 4.69) is 121 Å². The van der Waals surface area contributed by atoms with Gasteiger partial charge in [0.1, 0.15) is 0 Å². The molecule has 1 fully saturated rings. The van der Waals surface area contributed by atoms with E-state index in [1.807, 2.05) is 0 Å². The van der Waals surface area contributed by atoms with Crippen molar-refractivity contribution in [3.8, 4) is 0 Å². The fourth-order valence-electron chi connectivity index (χ4n) is 5.06. The maximum Gasteiger partial charge on any atom is 0.0267 e. The quantitative estimate of drug-likeness (QED) is 0.301. The number of hydrogen-bond donors (Lipinski definition) is 0. The number of benzene rings is 4. The first kappa shape index (κ1) is 20.6. The third kappa shape index (κ3) is 4.13. The smallest absolute Gasteiger partial charge is 0.0267 e. The zero-order valence-corrected chi connectivity index (χ0v) is 19.6. The third-order valence-electron chi connectivity index (χ3n) is 6.29. The van der Waals surface area contributed by atoms with Gasteiger partial charge in [-0.1, -0.05) is 134 Å². The lowest BCUT2D eigenvalue weighted by Crippen LogP contribution is -2.37. The van der Waals surface area contributed by atoms with Crippen LogP contribution in [0.2, 0.25) is 0 Å². The summed E-state index contributed by atoms with van der Waals surface area (Å²) in [5.41, 5.74) is 0. The first-order valence-electron chi connectivity index (χ1n) is 11.2. The van der Waals surface area contributed by atoms with Crippen molar-refractivity contribution in [1.82, 2.24) is 0 Å². The van der Waals surface area contributed by atoms with Gasteiger partial charge in [0.25, 0.3) is 0 Å². The highest BCUT2D eigenvalue weighted by Crippen LogP contribution is 2.71. The van der Waals surface area contributed by atoms with E-state index in [-0.39, 0.29) is 4.90 Å². The molecule has 5 rings (SSSR count). The first-order valence-corrected chi connectivity index (χ1v) is 13.9. The molecule has 1 saturated carbocycles. The molecular weight excluding hydrogens is 410 g/mol. The van der Waals surface area contributed by atoms with Gasteiger partial charge in [0.05, 0.1) is 0 Å². The Hall–Kier alpha value is -2.26. The lowest BCUT2D eigenvalue weighted by molar-refractivity contribution is 0.825. The fourth-order valence-corrected chi connectivity index (χ4v) is 13.2. The Balaban J connectivity index is 1.76. The zero-order chi connectivity index (χ0) is 20.9. The summed E-state index contributed by atoms with van der Waals surface area (Å²) in [6.07, 6.45) is 5.27. The molecule has 0 aromatic heterocycles. The predicted octanol–water partition coefficient (Wildman–Crippen LogP) is 6.52. The monoisotopic (exact) mass is 438 g/mol. The van der Waals surface area contributed by atoms with Crippen LogP contribution >= 0.6 is 15.8 Å². The predicted molar refractivity (Wildman–Crippen MR) is 139 cm³/mol.